The van der Waals surface area contributed by atoms with Gasteiger partial charge in [0.25, 0.3) is 0 Å². The highest BCUT2D eigenvalue weighted by atomic mass is 32.2. The Morgan fingerprint density at radius 2 is 2.00 bits per heavy atom. The second-order valence-corrected chi connectivity index (χ2v) is 4.93. The first-order chi connectivity index (χ1) is 6.93. The smallest absolute Gasteiger partial charge is 0.309 e. The lowest BCUT2D eigenvalue weighted by molar-refractivity contribution is -0.144. The van der Waals surface area contributed by atoms with E-state index in [0.29, 0.717) is 6.42 Å². The van der Waals surface area contributed by atoms with Gasteiger partial charge in [-0.1, -0.05) is 13.8 Å². The highest BCUT2D eigenvalue weighted by Gasteiger charge is 2.25. The first-order valence-corrected chi connectivity index (χ1v) is 6.06. The van der Waals surface area contributed by atoms with Gasteiger partial charge in [0.1, 0.15) is 5.25 Å². The van der Waals surface area contributed by atoms with Gasteiger partial charge in [0.2, 0.25) is 5.91 Å². The zero-order valence-electron chi connectivity index (χ0n) is 9.19. The van der Waals surface area contributed by atoms with E-state index in [-0.39, 0.29) is 5.75 Å². The summed E-state index contributed by atoms with van der Waals surface area (Å²) in [4.78, 5) is 22.0. The van der Waals surface area contributed by atoms with Crippen LogP contribution >= 0.6 is 0 Å². The Labute approximate surface area is 91.8 Å². The largest absolute Gasteiger partial charge is 0.469 e. The van der Waals surface area contributed by atoms with Crippen LogP contribution in [0.1, 0.15) is 20.3 Å². The molecule has 3 atom stereocenters. The van der Waals surface area contributed by atoms with Crippen LogP contribution in [0.3, 0.4) is 0 Å². The summed E-state index contributed by atoms with van der Waals surface area (Å²) < 4.78 is 16.1. The SMILES string of the molecule is CCC(C(N)=O)S(=O)CC(C)C(=O)OC. The van der Waals surface area contributed by atoms with Crippen molar-refractivity contribution < 1.29 is 18.5 Å². The third-order valence-corrected chi connectivity index (χ3v) is 4.05. The van der Waals surface area contributed by atoms with Crippen molar-refractivity contribution in [3.05, 3.63) is 0 Å². The molecule has 0 fully saturated rings. The summed E-state index contributed by atoms with van der Waals surface area (Å²) in [6, 6.07) is 0. The van der Waals surface area contributed by atoms with E-state index in [4.69, 9.17) is 5.73 Å². The Kier molecular flexibility index (Phi) is 6.15. The van der Waals surface area contributed by atoms with Gasteiger partial charge in [-0.2, -0.15) is 0 Å². The number of amides is 1. The van der Waals surface area contributed by atoms with Gasteiger partial charge in [0, 0.05) is 16.6 Å². The second kappa shape index (κ2) is 6.55. The van der Waals surface area contributed by atoms with Crippen LogP contribution in [-0.4, -0.2) is 34.2 Å². The molecule has 0 heterocycles. The quantitative estimate of drug-likeness (QED) is 0.646. The van der Waals surface area contributed by atoms with Crippen LogP contribution in [0.4, 0.5) is 0 Å². The second-order valence-electron chi connectivity index (χ2n) is 3.27. The van der Waals surface area contributed by atoms with Crippen molar-refractivity contribution in [2.24, 2.45) is 11.7 Å². The number of hydrogen-bond acceptors (Lipinski definition) is 4. The van der Waals surface area contributed by atoms with E-state index in [1.165, 1.54) is 7.11 Å². The number of hydrogen-bond donors (Lipinski definition) is 1. The Balaban J connectivity index is 4.34. The van der Waals surface area contributed by atoms with E-state index in [1.54, 1.807) is 13.8 Å². The van der Waals surface area contributed by atoms with Gasteiger partial charge >= 0.3 is 5.97 Å². The molecule has 6 heteroatoms. The lowest BCUT2D eigenvalue weighted by Gasteiger charge is -2.13. The molecule has 0 spiro atoms. The molecule has 0 rings (SSSR count). The first kappa shape index (κ1) is 14.1. The van der Waals surface area contributed by atoms with Crippen molar-refractivity contribution in [3.8, 4) is 0 Å². The van der Waals surface area contributed by atoms with Crippen LogP contribution in [0, 0.1) is 5.92 Å². The number of nitrogens with two attached hydrogens (primary N) is 1. The monoisotopic (exact) mass is 235 g/mol. The maximum Gasteiger partial charge on any atom is 0.309 e. The number of ether oxygens (including phenoxy) is 1. The van der Waals surface area contributed by atoms with Gasteiger partial charge in [0.15, 0.2) is 0 Å². The normalized spacial score (nSPS) is 16.5. The molecule has 0 radical (unpaired) electrons. The van der Waals surface area contributed by atoms with E-state index in [9.17, 15) is 13.8 Å². The highest BCUT2D eigenvalue weighted by Crippen LogP contribution is 2.08. The number of carbonyl (C=O) groups excluding carboxylic acids is 2. The molecule has 0 aliphatic carbocycles. The molecule has 0 bridgehead atoms. The Morgan fingerprint density at radius 3 is 2.33 bits per heavy atom. The summed E-state index contributed by atoms with van der Waals surface area (Å²) in [5, 5.41) is -0.683. The summed E-state index contributed by atoms with van der Waals surface area (Å²) in [6.07, 6.45) is 0.413. The summed E-state index contributed by atoms with van der Waals surface area (Å²) in [5.41, 5.74) is 5.08. The fourth-order valence-electron chi connectivity index (χ4n) is 1.15. The van der Waals surface area contributed by atoms with Crippen LogP contribution < -0.4 is 5.73 Å². The third kappa shape index (κ3) is 4.42. The van der Waals surface area contributed by atoms with Gasteiger partial charge in [-0.05, 0) is 6.42 Å². The van der Waals surface area contributed by atoms with E-state index in [0.717, 1.165) is 0 Å². The summed E-state index contributed by atoms with van der Waals surface area (Å²) >= 11 is 0. The van der Waals surface area contributed by atoms with Crippen molar-refractivity contribution in [2.75, 3.05) is 12.9 Å². The molecule has 0 saturated carbocycles. The molecule has 88 valence electrons. The van der Waals surface area contributed by atoms with Crippen LogP contribution in [-0.2, 0) is 25.1 Å². The van der Waals surface area contributed by atoms with Crippen LogP contribution in [0.15, 0.2) is 0 Å². The average Bonchev–Trinajstić information content (AvgIpc) is 2.16. The minimum atomic E-state index is -1.42. The number of esters is 1. The Bertz CT molecular complexity index is 267. The van der Waals surface area contributed by atoms with Crippen molar-refractivity contribution in [2.45, 2.75) is 25.5 Å². The Morgan fingerprint density at radius 1 is 1.47 bits per heavy atom. The van der Waals surface area contributed by atoms with Gasteiger partial charge in [-0.15, -0.1) is 0 Å². The van der Waals surface area contributed by atoms with Gasteiger partial charge in [0.05, 0.1) is 13.0 Å². The maximum atomic E-state index is 11.6. The maximum absolute atomic E-state index is 11.6. The minimum absolute atomic E-state index is 0.105. The molecule has 0 aliphatic rings. The zero-order chi connectivity index (χ0) is 12.0. The summed E-state index contributed by atoms with van der Waals surface area (Å²) in [7, 11) is -0.145. The predicted octanol–water partition coefficient (Wildman–Crippen LogP) is -0.192. The number of carbonyl (C=O) groups is 2. The van der Waals surface area contributed by atoms with Crippen LogP contribution in [0.2, 0.25) is 0 Å². The van der Waals surface area contributed by atoms with Gasteiger partial charge < -0.3 is 10.5 Å². The molecule has 3 unspecified atom stereocenters. The van der Waals surface area contributed by atoms with Crippen molar-refractivity contribution in [3.63, 3.8) is 0 Å². The van der Waals surface area contributed by atoms with Crippen molar-refractivity contribution >= 4 is 22.7 Å². The molecule has 2 N–H and O–H groups in total. The number of methoxy groups -OCH3 is 1. The highest BCUT2D eigenvalue weighted by molar-refractivity contribution is 7.86. The van der Waals surface area contributed by atoms with Gasteiger partial charge in [-0.25, -0.2) is 0 Å². The molecular formula is C9H17NO4S. The lowest BCUT2D eigenvalue weighted by Crippen LogP contribution is -2.35. The number of rotatable bonds is 6. The van der Waals surface area contributed by atoms with Crippen LogP contribution in [0.25, 0.3) is 0 Å². The predicted molar refractivity (Wildman–Crippen MR) is 57.5 cm³/mol. The molecule has 0 saturated heterocycles. The standard InChI is InChI=1S/C9H17NO4S/c1-4-7(8(10)11)15(13)5-6(2)9(12)14-3/h6-7H,4-5H2,1-3H3,(H2,10,11). The number of primary amides is 1. The molecule has 0 aromatic heterocycles. The molecule has 15 heavy (non-hydrogen) atoms. The molecule has 5 nitrogen and oxygen atoms in total. The molecular weight excluding hydrogens is 218 g/mol. The van der Waals surface area contributed by atoms with Crippen molar-refractivity contribution in [1.29, 1.82) is 0 Å². The topological polar surface area (TPSA) is 86.5 Å². The van der Waals surface area contributed by atoms with E-state index in [2.05, 4.69) is 4.74 Å². The van der Waals surface area contributed by atoms with E-state index < -0.39 is 33.8 Å². The fraction of sp³-hybridized carbons (Fsp3) is 0.778. The van der Waals surface area contributed by atoms with E-state index >= 15 is 0 Å². The summed E-state index contributed by atoms with van der Waals surface area (Å²) in [6.45, 7) is 3.34. The molecule has 1 amide bonds. The third-order valence-electron chi connectivity index (χ3n) is 2.02. The molecule has 0 aromatic rings. The van der Waals surface area contributed by atoms with Crippen LogP contribution in [0.5, 0.6) is 0 Å². The lowest BCUT2D eigenvalue weighted by atomic mass is 10.2. The first-order valence-electron chi connectivity index (χ1n) is 4.68. The average molecular weight is 235 g/mol. The molecule has 0 aromatic carbocycles. The minimum Gasteiger partial charge on any atom is -0.469 e. The van der Waals surface area contributed by atoms with E-state index in [1.807, 2.05) is 0 Å². The van der Waals surface area contributed by atoms with Crippen molar-refractivity contribution in [1.82, 2.24) is 0 Å². The van der Waals surface area contributed by atoms with Gasteiger partial charge in [-0.3, -0.25) is 13.8 Å². The molecule has 0 aliphatic heterocycles. The fourth-order valence-corrected chi connectivity index (χ4v) is 2.64. The summed E-state index contributed by atoms with van der Waals surface area (Å²) in [5.74, 6) is -1.39. The Hall–Kier alpha value is -0.910. The zero-order valence-corrected chi connectivity index (χ0v) is 10.0.